The van der Waals surface area contributed by atoms with Gasteiger partial charge < -0.3 is 5.11 Å². The minimum absolute atomic E-state index is 0.0377. The summed E-state index contributed by atoms with van der Waals surface area (Å²) in [6, 6.07) is 9.62. The third-order valence-electron chi connectivity index (χ3n) is 1.94. The highest BCUT2D eigenvalue weighted by Crippen LogP contribution is 2.08. The highest BCUT2D eigenvalue weighted by Gasteiger charge is 2.25. The maximum absolute atomic E-state index is 10.8. The van der Waals surface area contributed by atoms with Crippen LogP contribution >= 0.6 is 0 Å². The molecule has 3 nitrogen and oxygen atoms in total. The van der Waals surface area contributed by atoms with E-state index in [4.69, 9.17) is 5.11 Å². The number of nitrogens with zero attached hydrogens (tertiary/aromatic N) is 1. The summed E-state index contributed by atoms with van der Waals surface area (Å²) in [5.41, 5.74) is 1.04. The van der Waals surface area contributed by atoms with E-state index in [2.05, 4.69) is 0 Å². The molecule has 0 aliphatic heterocycles. The van der Waals surface area contributed by atoms with E-state index >= 15 is 0 Å². The molecule has 0 heterocycles. The van der Waals surface area contributed by atoms with Gasteiger partial charge in [-0.05, 0) is 0 Å². The SMILES string of the molecule is C[N+](C)(Cc1ccccc1)C(=O)O. The van der Waals surface area contributed by atoms with Crippen LogP contribution < -0.4 is 0 Å². The van der Waals surface area contributed by atoms with Crippen LogP contribution in [0.3, 0.4) is 0 Å². The first kappa shape index (κ1) is 9.74. The van der Waals surface area contributed by atoms with E-state index in [0.29, 0.717) is 6.54 Å². The molecule has 0 unspecified atom stereocenters. The van der Waals surface area contributed by atoms with Gasteiger partial charge in [0.1, 0.15) is 6.54 Å². The zero-order valence-corrected chi connectivity index (χ0v) is 7.90. The lowest BCUT2D eigenvalue weighted by molar-refractivity contribution is -0.830. The maximum Gasteiger partial charge on any atom is 0.513 e. The molecule has 1 aromatic carbocycles. The fourth-order valence-corrected chi connectivity index (χ4v) is 1.11. The summed E-state index contributed by atoms with van der Waals surface area (Å²) in [5.74, 6) is 0. The lowest BCUT2D eigenvalue weighted by atomic mass is 10.2. The van der Waals surface area contributed by atoms with Crippen LogP contribution in [0.4, 0.5) is 4.79 Å². The molecular weight excluding hydrogens is 166 g/mol. The van der Waals surface area contributed by atoms with Crippen LogP contribution in [-0.2, 0) is 6.54 Å². The van der Waals surface area contributed by atoms with Gasteiger partial charge in [0, 0.05) is 5.56 Å². The Kier molecular flexibility index (Phi) is 2.68. The molecular formula is C10H14NO2+. The van der Waals surface area contributed by atoms with Crippen LogP contribution in [0.2, 0.25) is 0 Å². The normalized spacial score (nSPS) is 11.2. The van der Waals surface area contributed by atoms with E-state index in [9.17, 15) is 4.79 Å². The van der Waals surface area contributed by atoms with E-state index in [1.165, 1.54) is 0 Å². The third-order valence-corrected chi connectivity index (χ3v) is 1.94. The first-order valence-electron chi connectivity index (χ1n) is 4.13. The van der Waals surface area contributed by atoms with E-state index < -0.39 is 6.09 Å². The third kappa shape index (κ3) is 2.56. The molecule has 0 aliphatic rings. The van der Waals surface area contributed by atoms with Gasteiger partial charge in [-0.15, -0.1) is 0 Å². The number of carbonyl (C=O) groups is 1. The predicted octanol–water partition coefficient (Wildman–Crippen LogP) is 1.94. The second-order valence-corrected chi connectivity index (χ2v) is 3.61. The Morgan fingerprint density at radius 2 is 1.85 bits per heavy atom. The van der Waals surface area contributed by atoms with Crippen LogP contribution in [0.5, 0.6) is 0 Å². The molecule has 0 aromatic heterocycles. The first-order chi connectivity index (χ1) is 6.02. The number of quaternary nitrogens is 1. The second-order valence-electron chi connectivity index (χ2n) is 3.61. The van der Waals surface area contributed by atoms with E-state index in [1.807, 2.05) is 30.3 Å². The van der Waals surface area contributed by atoms with E-state index in [-0.39, 0.29) is 4.48 Å². The standard InChI is InChI=1S/C10H13NO2/c1-11(2,10(12)13)8-9-6-4-3-5-7-9/h3-7H,8H2,1-2H3/p+1. The quantitative estimate of drug-likeness (QED) is 0.706. The number of amides is 1. The van der Waals surface area contributed by atoms with E-state index in [0.717, 1.165) is 5.56 Å². The zero-order chi connectivity index (χ0) is 9.90. The molecule has 1 amide bonds. The average molecular weight is 180 g/mol. The molecule has 0 fully saturated rings. The molecule has 0 saturated heterocycles. The minimum Gasteiger partial charge on any atom is -0.435 e. The van der Waals surface area contributed by atoms with Crippen molar-refractivity contribution in [2.45, 2.75) is 6.54 Å². The summed E-state index contributed by atoms with van der Waals surface area (Å²) in [5, 5.41) is 8.87. The minimum atomic E-state index is -0.816. The van der Waals surface area contributed by atoms with Gasteiger partial charge in [0.2, 0.25) is 0 Å². The fourth-order valence-electron chi connectivity index (χ4n) is 1.11. The summed E-state index contributed by atoms with van der Waals surface area (Å²) in [6.45, 7) is 0.510. The van der Waals surface area contributed by atoms with Crippen molar-refractivity contribution >= 4 is 6.09 Å². The van der Waals surface area contributed by atoms with Crippen molar-refractivity contribution in [2.24, 2.45) is 0 Å². The van der Waals surface area contributed by atoms with Crippen molar-refractivity contribution in [3.63, 3.8) is 0 Å². The number of rotatable bonds is 2. The van der Waals surface area contributed by atoms with Gasteiger partial charge in [0.25, 0.3) is 0 Å². The van der Waals surface area contributed by atoms with Crippen LogP contribution in [0.25, 0.3) is 0 Å². The summed E-state index contributed by atoms with van der Waals surface area (Å²) >= 11 is 0. The Balaban J connectivity index is 2.75. The van der Waals surface area contributed by atoms with Crippen LogP contribution in [-0.4, -0.2) is 29.8 Å². The molecule has 70 valence electrons. The molecule has 0 spiro atoms. The lowest BCUT2D eigenvalue weighted by Gasteiger charge is -2.22. The molecule has 13 heavy (non-hydrogen) atoms. The van der Waals surface area contributed by atoms with Crippen molar-refractivity contribution in [2.75, 3.05) is 14.1 Å². The Morgan fingerprint density at radius 3 is 2.31 bits per heavy atom. The molecule has 0 atom stereocenters. The van der Waals surface area contributed by atoms with Gasteiger partial charge in [-0.25, -0.2) is 4.48 Å². The second kappa shape index (κ2) is 3.58. The van der Waals surface area contributed by atoms with Gasteiger partial charge >= 0.3 is 6.09 Å². The van der Waals surface area contributed by atoms with Crippen molar-refractivity contribution < 1.29 is 14.4 Å². The highest BCUT2D eigenvalue weighted by atomic mass is 16.4. The number of carboxylic acid groups (broad SMARTS) is 1. The van der Waals surface area contributed by atoms with Gasteiger partial charge in [-0.3, -0.25) is 0 Å². The predicted molar refractivity (Wildman–Crippen MR) is 50.3 cm³/mol. The molecule has 0 radical (unpaired) electrons. The van der Waals surface area contributed by atoms with Gasteiger partial charge in [0.15, 0.2) is 0 Å². The number of hydrogen-bond acceptors (Lipinski definition) is 1. The summed E-state index contributed by atoms with van der Waals surface area (Å²) in [7, 11) is 3.35. The molecule has 1 N–H and O–H groups in total. The summed E-state index contributed by atoms with van der Waals surface area (Å²) in [6.07, 6.45) is -0.816. The molecule has 1 rings (SSSR count). The summed E-state index contributed by atoms with van der Waals surface area (Å²) in [4.78, 5) is 10.8. The van der Waals surface area contributed by atoms with Crippen molar-refractivity contribution in [3.8, 4) is 0 Å². The first-order valence-corrected chi connectivity index (χ1v) is 4.13. The smallest absolute Gasteiger partial charge is 0.435 e. The Hall–Kier alpha value is -1.35. The molecule has 0 aliphatic carbocycles. The van der Waals surface area contributed by atoms with Crippen molar-refractivity contribution in [3.05, 3.63) is 35.9 Å². The topological polar surface area (TPSA) is 37.3 Å². The number of benzene rings is 1. The van der Waals surface area contributed by atoms with Gasteiger partial charge in [-0.2, -0.15) is 4.79 Å². The van der Waals surface area contributed by atoms with Crippen molar-refractivity contribution in [1.82, 2.24) is 0 Å². The zero-order valence-electron chi connectivity index (χ0n) is 7.90. The fraction of sp³-hybridized carbons (Fsp3) is 0.300. The Labute approximate surface area is 77.8 Å². The molecule has 0 bridgehead atoms. The van der Waals surface area contributed by atoms with Gasteiger partial charge in [-0.1, -0.05) is 30.3 Å². The van der Waals surface area contributed by atoms with Crippen LogP contribution in [0, 0.1) is 0 Å². The number of hydrogen-bond donors (Lipinski definition) is 1. The molecule has 1 aromatic rings. The van der Waals surface area contributed by atoms with Crippen LogP contribution in [0.15, 0.2) is 30.3 Å². The Morgan fingerprint density at radius 1 is 1.31 bits per heavy atom. The van der Waals surface area contributed by atoms with E-state index in [1.54, 1.807) is 14.1 Å². The summed E-state index contributed by atoms with van der Waals surface area (Å²) < 4.78 is -0.0377. The van der Waals surface area contributed by atoms with Crippen molar-refractivity contribution in [1.29, 1.82) is 0 Å². The molecule has 0 saturated carbocycles. The monoisotopic (exact) mass is 180 g/mol. The Bertz CT molecular complexity index is 293. The lowest BCUT2D eigenvalue weighted by Crippen LogP contribution is -2.43. The molecule has 3 heteroatoms. The maximum atomic E-state index is 10.8. The van der Waals surface area contributed by atoms with Gasteiger partial charge in [0.05, 0.1) is 14.1 Å². The van der Waals surface area contributed by atoms with Crippen LogP contribution in [0.1, 0.15) is 5.56 Å². The highest BCUT2D eigenvalue weighted by molar-refractivity contribution is 5.56. The largest absolute Gasteiger partial charge is 0.513 e. The average Bonchev–Trinajstić information content (AvgIpc) is 2.05.